The average molecular weight is 562 g/mol. The van der Waals surface area contributed by atoms with E-state index in [4.69, 9.17) is 4.42 Å². The van der Waals surface area contributed by atoms with Gasteiger partial charge in [0.2, 0.25) is 0 Å². The highest BCUT2D eigenvalue weighted by molar-refractivity contribution is 6.09. The lowest BCUT2D eigenvalue weighted by atomic mass is 9.98. The molecular weight excluding hydrogens is 534 g/mol. The first-order valence-corrected chi connectivity index (χ1v) is 15.0. The van der Waals surface area contributed by atoms with Crippen molar-refractivity contribution in [2.75, 3.05) is 4.90 Å². The van der Waals surface area contributed by atoms with Crippen LogP contribution < -0.4 is 4.90 Å². The van der Waals surface area contributed by atoms with Gasteiger partial charge in [0.1, 0.15) is 11.2 Å². The molecule has 0 aliphatic carbocycles. The highest BCUT2D eigenvalue weighted by atomic mass is 16.3. The van der Waals surface area contributed by atoms with Gasteiger partial charge in [-0.1, -0.05) is 115 Å². The zero-order valence-electron chi connectivity index (χ0n) is 23.9. The number of nitrogens with zero attached hydrogens (tertiary/aromatic N) is 1. The first kappa shape index (κ1) is 24.7. The van der Waals surface area contributed by atoms with E-state index in [1.165, 1.54) is 43.4 Å². The van der Waals surface area contributed by atoms with E-state index < -0.39 is 0 Å². The van der Waals surface area contributed by atoms with E-state index in [2.05, 4.69) is 157 Å². The van der Waals surface area contributed by atoms with Gasteiger partial charge in [0.25, 0.3) is 0 Å². The lowest BCUT2D eigenvalue weighted by molar-refractivity contribution is 0.669. The van der Waals surface area contributed by atoms with E-state index >= 15 is 0 Å². The van der Waals surface area contributed by atoms with Crippen LogP contribution in [0.3, 0.4) is 0 Å². The molecule has 0 N–H and O–H groups in total. The molecule has 0 aliphatic rings. The fourth-order valence-corrected chi connectivity index (χ4v) is 6.71. The van der Waals surface area contributed by atoms with E-state index in [9.17, 15) is 0 Å². The maximum atomic E-state index is 6.32. The summed E-state index contributed by atoms with van der Waals surface area (Å²) in [5, 5.41) is 9.76. The molecule has 0 atom stereocenters. The number of hydrogen-bond donors (Lipinski definition) is 0. The summed E-state index contributed by atoms with van der Waals surface area (Å²) in [5.41, 5.74) is 7.46. The van der Waals surface area contributed by atoms with Gasteiger partial charge in [0.05, 0.1) is 0 Å². The molecule has 9 rings (SSSR count). The molecule has 0 aliphatic heterocycles. The van der Waals surface area contributed by atoms with Crippen LogP contribution in [0.15, 0.2) is 168 Å². The van der Waals surface area contributed by atoms with E-state index in [-0.39, 0.29) is 0 Å². The molecule has 206 valence electrons. The second kappa shape index (κ2) is 9.86. The number of para-hydroxylation sites is 1. The van der Waals surface area contributed by atoms with Crippen LogP contribution in [0.2, 0.25) is 0 Å². The smallest absolute Gasteiger partial charge is 0.137 e. The van der Waals surface area contributed by atoms with Crippen molar-refractivity contribution in [1.29, 1.82) is 0 Å². The molecule has 9 aromatic rings. The molecule has 1 heterocycles. The van der Waals surface area contributed by atoms with Crippen molar-refractivity contribution in [2.24, 2.45) is 0 Å². The number of furan rings is 1. The molecule has 44 heavy (non-hydrogen) atoms. The minimum absolute atomic E-state index is 0.882. The summed E-state index contributed by atoms with van der Waals surface area (Å²) in [6.45, 7) is 0. The zero-order valence-corrected chi connectivity index (χ0v) is 23.9. The Balaban J connectivity index is 1.22. The monoisotopic (exact) mass is 561 g/mol. The molecular formula is C42H27NO. The van der Waals surface area contributed by atoms with E-state index in [0.29, 0.717) is 0 Å². The predicted molar refractivity (Wildman–Crippen MR) is 186 cm³/mol. The van der Waals surface area contributed by atoms with Gasteiger partial charge < -0.3 is 9.32 Å². The summed E-state index contributed by atoms with van der Waals surface area (Å²) in [6.07, 6.45) is 0. The van der Waals surface area contributed by atoms with Gasteiger partial charge in [-0.25, -0.2) is 0 Å². The van der Waals surface area contributed by atoms with Gasteiger partial charge in [-0.3, -0.25) is 0 Å². The first-order valence-electron chi connectivity index (χ1n) is 15.0. The van der Waals surface area contributed by atoms with Gasteiger partial charge in [-0.2, -0.15) is 0 Å². The van der Waals surface area contributed by atoms with E-state index in [1.54, 1.807) is 0 Å². The zero-order chi connectivity index (χ0) is 29.0. The van der Waals surface area contributed by atoms with Crippen LogP contribution in [0.25, 0.3) is 65.4 Å². The minimum Gasteiger partial charge on any atom is -0.456 e. The average Bonchev–Trinajstić information content (AvgIpc) is 3.46. The van der Waals surface area contributed by atoms with Crippen LogP contribution >= 0.6 is 0 Å². The number of rotatable bonds is 4. The van der Waals surface area contributed by atoms with Crippen molar-refractivity contribution in [3.63, 3.8) is 0 Å². The van der Waals surface area contributed by atoms with Crippen molar-refractivity contribution in [3.8, 4) is 11.1 Å². The summed E-state index contributed by atoms with van der Waals surface area (Å²) < 4.78 is 6.32. The Morgan fingerprint density at radius 3 is 1.75 bits per heavy atom. The SMILES string of the molecule is c1ccc2c(-c3ccc(N(c4ccc5c(ccc6ccccc65)c4)c4ccc5c(c4)oc4ccccc45)cc3)cccc2c1. The number of anilines is 3. The van der Waals surface area contributed by atoms with Crippen LogP contribution in [0.5, 0.6) is 0 Å². The summed E-state index contributed by atoms with van der Waals surface area (Å²) in [6, 6.07) is 58.6. The van der Waals surface area contributed by atoms with Gasteiger partial charge >= 0.3 is 0 Å². The third-order valence-electron chi connectivity index (χ3n) is 8.83. The van der Waals surface area contributed by atoms with Gasteiger partial charge in [-0.05, 0) is 85.9 Å². The van der Waals surface area contributed by atoms with Crippen molar-refractivity contribution >= 4 is 71.3 Å². The summed E-state index contributed by atoms with van der Waals surface area (Å²) in [4.78, 5) is 2.33. The lowest BCUT2D eigenvalue weighted by Gasteiger charge is -2.26. The largest absolute Gasteiger partial charge is 0.456 e. The summed E-state index contributed by atoms with van der Waals surface area (Å²) in [7, 11) is 0. The van der Waals surface area contributed by atoms with E-state index in [0.717, 1.165) is 39.0 Å². The van der Waals surface area contributed by atoms with Crippen molar-refractivity contribution in [1.82, 2.24) is 0 Å². The quantitative estimate of drug-likeness (QED) is 0.199. The third-order valence-corrected chi connectivity index (χ3v) is 8.83. The molecule has 8 aromatic carbocycles. The Morgan fingerprint density at radius 1 is 0.341 bits per heavy atom. The highest BCUT2D eigenvalue weighted by Gasteiger charge is 2.17. The van der Waals surface area contributed by atoms with Crippen LogP contribution in [0.1, 0.15) is 0 Å². The fraction of sp³-hybridized carbons (Fsp3) is 0. The van der Waals surface area contributed by atoms with Gasteiger partial charge in [-0.15, -0.1) is 0 Å². The number of fused-ring (bicyclic) bond motifs is 7. The molecule has 1 aromatic heterocycles. The van der Waals surface area contributed by atoms with Gasteiger partial charge in [0, 0.05) is 33.9 Å². The molecule has 0 amide bonds. The van der Waals surface area contributed by atoms with Crippen molar-refractivity contribution < 1.29 is 4.42 Å². The topological polar surface area (TPSA) is 16.4 Å². The Morgan fingerprint density at radius 2 is 0.909 bits per heavy atom. The second-order valence-electron chi connectivity index (χ2n) is 11.4. The Hall–Kier alpha value is -5.86. The second-order valence-corrected chi connectivity index (χ2v) is 11.4. The minimum atomic E-state index is 0.882. The van der Waals surface area contributed by atoms with Crippen LogP contribution in [-0.4, -0.2) is 0 Å². The van der Waals surface area contributed by atoms with Crippen molar-refractivity contribution in [2.45, 2.75) is 0 Å². The number of benzene rings is 8. The molecule has 0 radical (unpaired) electrons. The predicted octanol–water partition coefficient (Wildman–Crippen LogP) is 12.2. The van der Waals surface area contributed by atoms with Crippen LogP contribution in [-0.2, 0) is 0 Å². The van der Waals surface area contributed by atoms with Crippen molar-refractivity contribution in [3.05, 3.63) is 164 Å². The Labute approximate surface area is 255 Å². The standard InChI is InChI=1S/C42H27NO/c1-3-11-35-28(8-1)10-7-14-37(35)30-18-20-32(21-19-30)43(34-23-25-40-39-13-5-6-15-41(39)44-42(40)27-34)33-22-24-38-31(26-33)17-16-29-9-2-4-12-36(29)38/h1-27H. The molecule has 2 nitrogen and oxygen atoms in total. The summed E-state index contributed by atoms with van der Waals surface area (Å²) in [5.74, 6) is 0. The molecule has 2 heteroatoms. The van der Waals surface area contributed by atoms with E-state index in [1.807, 2.05) is 12.1 Å². The third kappa shape index (κ3) is 3.96. The molecule has 0 saturated carbocycles. The molecule has 0 saturated heterocycles. The fourth-order valence-electron chi connectivity index (χ4n) is 6.71. The summed E-state index contributed by atoms with van der Waals surface area (Å²) >= 11 is 0. The number of hydrogen-bond acceptors (Lipinski definition) is 2. The Kier molecular flexibility index (Phi) is 5.54. The van der Waals surface area contributed by atoms with Gasteiger partial charge in [0.15, 0.2) is 0 Å². The highest BCUT2D eigenvalue weighted by Crippen LogP contribution is 2.41. The molecule has 0 bridgehead atoms. The molecule has 0 fully saturated rings. The Bertz CT molecular complexity index is 2500. The first-order chi connectivity index (χ1) is 21.8. The van der Waals surface area contributed by atoms with Crippen LogP contribution in [0.4, 0.5) is 17.1 Å². The normalized spacial score (nSPS) is 11.6. The van der Waals surface area contributed by atoms with Crippen LogP contribution in [0, 0.1) is 0 Å². The maximum Gasteiger partial charge on any atom is 0.137 e. The molecule has 0 unspecified atom stereocenters. The maximum absolute atomic E-state index is 6.32. The molecule has 0 spiro atoms. The lowest BCUT2D eigenvalue weighted by Crippen LogP contribution is -2.09.